The van der Waals surface area contributed by atoms with Gasteiger partial charge in [-0.25, -0.2) is 9.97 Å². The van der Waals surface area contributed by atoms with Gasteiger partial charge in [-0.3, -0.25) is 4.79 Å². The molecule has 1 aliphatic rings. The van der Waals surface area contributed by atoms with Crippen LogP contribution in [-0.4, -0.2) is 43.2 Å². The van der Waals surface area contributed by atoms with Gasteiger partial charge in [0.25, 0.3) is 5.91 Å². The van der Waals surface area contributed by atoms with E-state index in [9.17, 15) is 4.79 Å². The lowest BCUT2D eigenvalue weighted by atomic mass is 9.99. The van der Waals surface area contributed by atoms with Gasteiger partial charge in [-0.1, -0.05) is 18.5 Å². The van der Waals surface area contributed by atoms with Gasteiger partial charge in [0.2, 0.25) is 0 Å². The van der Waals surface area contributed by atoms with Crippen molar-refractivity contribution in [2.45, 2.75) is 19.8 Å². The maximum absolute atomic E-state index is 12.5. The standard InChI is InChI=1S/C19H23ClN4O3/c1-12-4-6-24(7-5-12)18-11-21-15(10-22-18)19(25)23-14-9-16(26-2)13(20)8-17(14)27-3/h8-12H,4-7H2,1-3H3,(H,23,25). The van der Waals surface area contributed by atoms with E-state index in [0.29, 0.717) is 22.2 Å². The molecule has 0 aliphatic carbocycles. The molecular formula is C19H23ClN4O3. The lowest BCUT2D eigenvalue weighted by Gasteiger charge is -2.30. The number of carbonyl (C=O) groups excluding carboxylic acids is 1. The zero-order valence-electron chi connectivity index (χ0n) is 15.7. The Morgan fingerprint density at radius 1 is 1.15 bits per heavy atom. The number of hydrogen-bond donors (Lipinski definition) is 1. The number of carbonyl (C=O) groups is 1. The number of nitrogens with one attached hydrogen (secondary N) is 1. The number of nitrogens with zero attached hydrogens (tertiary/aromatic N) is 3. The number of methoxy groups -OCH3 is 2. The Hall–Kier alpha value is -2.54. The highest BCUT2D eigenvalue weighted by atomic mass is 35.5. The highest BCUT2D eigenvalue weighted by Crippen LogP contribution is 2.36. The number of halogens is 1. The van der Waals surface area contributed by atoms with Crippen LogP contribution in [0.15, 0.2) is 24.5 Å². The second-order valence-electron chi connectivity index (χ2n) is 6.57. The minimum atomic E-state index is -0.385. The van der Waals surface area contributed by atoms with E-state index in [1.807, 2.05) is 0 Å². The molecule has 7 nitrogen and oxygen atoms in total. The minimum Gasteiger partial charge on any atom is -0.495 e. The van der Waals surface area contributed by atoms with Crippen molar-refractivity contribution in [3.8, 4) is 11.5 Å². The quantitative estimate of drug-likeness (QED) is 0.839. The summed E-state index contributed by atoms with van der Waals surface area (Å²) < 4.78 is 10.5. The maximum atomic E-state index is 12.5. The zero-order valence-corrected chi connectivity index (χ0v) is 16.4. The highest BCUT2D eigenvalue weighted by Gasteiger charge is 2.19. The Kier molecular flexibility index (Phi) is 6.01. The van der Waals surface area contributed by atoms with Crippen LogP contribution in [0.4, 0.5) is 11.5 Å². The topological polar surface area (TPSA) is 76.6 Å². The lowest BCUT2D eigenvalue weighted by molar-refractivity contribution is 0.102. The van der Waals surface area contributed by atoms with Gasteiger partial charge in [0.1, 0.15) is 23.0 Å². The molecule has 1 aromatic heterocycles. The number of hydrogen-bond acceptors (Lipinski definition) is 6. The van der Waals surface area contributed by atoms with Crippen molar-refractivity contribution < 1.29 is 14.3 Å². The molecule has 0 saturated carbocycles. The molecule has 1 amide bonds. The molecule has 144 valence electrons. The summed E-state index contributed by atoms with van der Waals surface area (Å²) in [5, 5.41) is 3.16. The molecule has 27 heavy (non-hydrogen) atoms. The van der Waals surface area contributed by atoms with Crippen molar-refractivity contribution in [2.24, 2.45) is 5.92 Å². The number of rotatable bonds is 5. The Morgan fingerprint density at radius 3 is 2.44 bits per heavy atom. The number of aromatic nitrogens is 2. The first kappa shape index (κ1) is 19.2. The summed E-state index contributed by atoms with van der Waals surface area (Å²) >= 11 is 6.09. The second-order valence-corrected chi connectivity index (χ2v) is 6.98. The fourth-order valence-corrected chi connectivity index (χ4v) is 3.21. The van der Waals surface area contributed by atoms with E-state index in [0.717, 1.165) is 37.7 Å². The third-order valence-electron chi connectivity index (χ3n) is 4.70. The molecule has 0 unspecified atom stereocenters. The van der Waals surface area contributed by atoms with Crippen molar-refractivity contribution in [1.82, 2.24) is 9.97 Å². The first-order valence-electron chi connectivity index (χ1n) is 8.81. The minimum absolute atomic E-state index is 0.222. The molecule has 1 aliphatic heterocycles. The zero-order chi connectivity index (χ0) is 19.4. The van der Waals surface area contributed by atoms with Crippen LogP contribution in [0.2, 0.25) is 5.02 Å². The first-order chi connectivity index (χ1) is 13.0. The molecule has 0 bridgehead atoms. The van der Waals surface area contributed by atoms with Crippen molar-refractivity contribution >= 4 is 29.0 Å². The van der Waals surface area contributed by atoms with Crippen LogP contribution in [0.5, 0.6) is 11.5 Å². The molecule has 1 fully saturated rings. The summed E-state index contributed by atoms with van der Waals surface area (Å²) in [7, 11) is 3.01. The summed E-state index contributed by atoms with van der Waals surface area (Å²) in [4.78, 5) is 23.4. The number of amides is 1. The molecule has 2 aromatic rings. The van der Waals surface area contributed by atoms with Gasteiger partial charge in [0, 0.05) is 25.2 Å². The average Bonchev–Trinajstić information content (AvgIpc) is 2.69. The molecule has 1 N–H and O–H groups in total. The van der Waals surface area contributed by atoms with Gasteiger partial charge in [0.05, 0.1) is 37.3 Å². The van der Waals surface area contributed by atoms with E-state index < -0.39 is 0 Å². The summed E-state index contributed by atoms with van der Waals surface area (Å²) in [6.45, 7) is 4.18. The number of ether oxygens (including phenoxy) is 2. The Morgan fingerprint density at radius 2 is 1.85 bits per heavy atom. The summed E-state index contributed by atoms with van der Waals surface area (Å²) in [5.41, 5.74) is 0.666. The highest BCUT2D eigenvalue weighted by molar-refractivity contribution is 6.32. The lowest BCUT2D eigenvalue weighted by Crippen LogP contribution is -2.33. The van der Waals surface area contributed by atoms with E-state index in [1.54, 1.807) is 18.3 Å². The van der Waals surface area contributed by atoms with E-state index in [-0.39, 0.29) is 11.6 Å². The molecule has 3 rings (SSSR count). The first-order valence-corrected chi connectivity index (χ1v) is 9.19. The Balaban J connectivity index is 1.73. The van der Waals surface area contributed by atoms with Crippen molar-refractivity contribution in [3.63, 3.8) is 0 Å². The number of benzene rings is 1. The maximum Gasteiger partial charge on any atom is 0.275 e. The molecule has 8 heteroatoms. The predicted octanol–water partition coefficient (Wildman–Crippen LogP) is 3.64. The predicted molar refractivity (Wildman–Crippen MR) is 105 cm³/mol. The molecule has 1 saturated heterocycles. The Labute approximate surface area is 163 Å². The fourth-order valence-electron chi connectivity index (χ4n) is 2.98. The van der Waals surface area contributed by atoms with Crippen LogP contribution in [0.3, 0.4) is 0 Å². The third-order valence-corrected chi connectivity index (χ3v) is 5.00. The van der Waals surface area contributed by atoms with Crippen LogP contribution in [-0.2, 0) is 0 Å². The van der Waals surface area contributed by atoms with Crippen LogP contribution >= 0.6 is 11.6 Å². The third kappa shape index (κ3) is 4.42. The van der Waals surface area contributed by atoms with Crippen LogP contribution in [0.25, 0.3) is 0 Å². The van der Waals surface area contributed by atoms with Gasteiger partial charge in [-0.05, 0) is 18.8 Å². The number of anilines is 2. The van der Waals surface area contributed by atoms with Gasteiger partial charge in [0.15, 0.2) is 0 Å². The number of piperidine rings is 1. The normalized spacial score (nSPS) is 14.7. The van der Waals surface area contributed by atoms with Gasteiger partial charge in [-0.15, -0.1) is 0 Å². The van der Waals surface area contributed by atoms with Crippen LogP contribution in [0.1, 0.15) is 30.3 Å². The largest absolute Gasteiger partial charge is 0.495 e. The summed E-state index contributed by atoms with van der Waals surface area (Å²) in [6.07, 6.45) is 5.41. The second kappa shape index (κ2) is 8.43. The summed E-state index contributed by atoms with van der Waals surface area (Å²) in [6, 6.07) is 3.19. The van der Waals surface area contributed by atoms with Crippen LogP contribution in [0, 0.1) is 5.92 Å². The van der Waals surface area contributed by atoms with Crippen molar-refractivity contribution in [2.75, 3.05) is 37.5 Å². The molecule has 0 spiro atoms. The molecule has 1 aromatic carbocycles. The van der Waals surface area contributed by atoms with Gasteiger partial charge >= 0.3 is 0 Å². The van der Waals surface area contributed by atoms with E-state index in [4.69, 9.17) is 21.1 Å². The van der Waals surface area contributed by atoms with Gasteiger partial charge in [-0.2, -0.15) is 0 Å². The molecular weight excluding hydrogens is 368 g/mol. The monoisotopic (exact) mass is 390 g/mol. The fraction of sp³-hybridized carbons (Fsp3) is 0.421. The smallest absolute Gasteiger partial charge is 0.275 e. The van der Waals surface area contributed by atoms with Crippen molar-refractivity contribution in [1.29, 1.82) is 0 Å². The Bertz CT molecular complexity index is 805. The van der Waals surface area contributed by atoms with Gasteiger partial charge < -0.3 is 19.7 Å². The van der Waals surface area contributed by atoms with Crippen LogP contribution < -0.4 is 19.7 Å². The summed E-state index contributed by atoms with van der Waals surface area (Å²) in [5.74, 6) is 2.02. The van der Waals surface area contributed by atoms with E-state index in [1.165, 1.54) is 20.4 Å². The molecule has 0 atom stereocenters. The van der Waals surface area contributed by atoms with E-state index in [2.05, 4.69) is 27.1 Å². The SMILES string of the molecule is COc1cc(NC(=O)c2cnc(N3CCC(C)CC3)cn2)c(OC)cc1Cl. The molecule has 2 heterocycles. The van der Waals surface area contributed by atoms with Crippen molar-refractivity contribution in [3.05, 3.63) is 35.2 Å². The molecule has 0 radical (unpaired) electrons. The average molecular weight is 391 g/mol. The van der Waals surface area contributed by atoms with E-state index >= 15 is 0 Å².